The van der Waals surface area contributed by atoms with E-state index in [4.69, 9.17) is 14.0 Å². The topological polar surface area (TPSA) is 110 Å². The summed E-state index contributed by atoms with van der Waals surface area (Å²) >= 11 is 0. The highest BCUT2D eigenvalue weighted by Crippen LogP contribution is 2.26. The zero-order chi connectivity index (χ0) is 30.2. The fraction of sp³-hybridized carbons (Fsp3) is 0.424. The summed E-state index contributed by atoms with van der Waals surface area (Å²) in [7, 11) is 0. The minimum absolute atomic E-state index is 0.0826. The number of amides is 3. The van der Waals surface area contributed by atoms with Crippen molar-refractivity contribution in [3.05, 3.63) is 78.1 Å². The molecule has 0 aliphatic carbocycles. The third-order valence-corrected chi connectivity index (χ3v) is 6.92. The molecule has 0 aliphatic heterocycles. The molecule has 2 N–H and O–H groups in total. The van der Waals surface area contributed by atoms with Crippen LogP contribution in [-0.4, -0.2) is 42.6 Å². The molecular formula is C33H43N3O6. The molecule has 42 heavy (non-hydrogen) atoms. The summed E-state index contributed by atoms with van der Waals surface area (Å²) in [6.07, 6.45) is 5.48. The van der Waals surface area contributed by atoms with E-state index in [0.717, 1.165) is 42.6 Å². The van der Waals surface area contributed by atoms with Crippen LogP contribution in [0, 0.1) is 5.92 Å². The number of furan rings is 1. The number of carbonyl (C=O) groups is 3. The van der Waals surface area contributed by atoms with Crippen molar-refractivity contribution in [1.82, 2.24) is 15.7 Å². The van der Waals surface area contributed by atoms with E-state index in [9.17, 15) is 14.4 Å². The third-order valence-electron chi connectivity index (χ3n) is 6.92. The van der Waals surface area contributed by atoms with Crippen molar-refractivity contribution < 1.29 is 28.4 Å². The molecule has 0 saturated heterocycles. The maximum absolute atomic E-state index is 13.4. The highest BCUT2D eigenvalue weighted by Gasteiger charge is 2.32. The molecule has 1 heterocycles. The van der Waals surface area contributed by atoms with Crippen LogP contribution in [0.1, 0.15) is 75.4 Å². The first kappa shape index (κ1) is 32.4. The molecule has 0 aliphatic rings. The van der Waals surface area contributed by atoms with E-state index in [0.29, 0.717) is 31.6 Å². The summed E-state index contributed by atoms with van der Waals surface area (Å²) in [5, 5.41) is 6.77. The lowest BCUT2D eigenvalue weighted by molar-refractivity contribution is -0.200. The Bertz CT molecular complexity index is 1250. The number of nitrogens with zero attached hydrogens (tertiary/aromatic N) is 1. The van der Waals surface area contributed by atoms with Crippen LogP contribution in [0.3, 0.4) is 0 Å². The SMILES string of the molecule is CCCCCC(C(=O)NCNC(=O)c1ccc(-c2cccc(OCCC)c2)o1)C(CC)N(C=O)OCc1ccccc1. The Morgan fingerprint density at radius 2 is 1.76 bits per heavy atom. The largest absolute Gasteiger partial charge is 0.494 e. The molecule has 9 nitrogen and oxygen atoms in total. The molecule has 0 bridgehead atoms. The second-order valence-electron chi connectivity index (χ2n) is 10.1. The summed E-state index contributed by atoms with van der Waals surface area (Å²) in [6, 6.07) is 19.9. The van der Waals surface area contributed by atoms with Crippen LogP contribution in [0.25, 0.3) is 11.3 Å². The van der Waals surface area contributed by atoms with Crippen LogP contribution in [0.2, 0.25) is 0 Å². The Hall–Kier alpha value is -4.11. The Morgan fingerprint density at radius 1 is 0.952 bits per heavy atom. The van der Waals surface area contributed by atoms with Gasteiger partial charge in [-0.15, -0.1) is 0 Å². The van der Waals surface area contributed by atoms with E-state index in [1.54, 1.807) is 12.1 Å². The van der Waals surface area contributed by atoms with Crippen LogP contribution in [0.4, 0.5) is 0 Å². The summed E-state index contributed by atoms with van der Waals surface area (Å²) in [6.45, 7) is 6.82. The molecule has 3 aromatic rings. The van der Waals surface area contributed by atoms with Gasteiger partial charge in [0.2, 0.25) is 12.3 Å². The lowest BCUT2D eigenvalue weighted by Crippen LogP contribution is -2.48. The van der Waals surface area contributed by atoms with Gasteiger partial charge in [0.1, 0.15) is 18.1 Å². The molecule has 0 radical (unpaired) electrons. The van der Waals surface area contributed by atoms with Gasteiger partial charge in [0.15, 0.2) is 5.76 Å². The van der Waals surface area contributed by atoms with Crippen molar-refractivity contribution in [3.8, 4) is 17.1 Å². The van der Waals surface area contributed by atoms with Gasteiger partial charge in [-0.1, -0.05) is 82.5 Å². The smallest absolute Gasteiger partial charge is 0.288 e. The zero-order valence-electron chi connectivity index (χ0n) is 24.8. The van der Waals surface area contributed by atoms with Gasteiger partial charge in [0, 0.05) is 5.56 Å². The Kier molecular flexibility index (Phi) is 13.6. The summed E-state index contributed by atoms with van der Waals surface area (Å²) < 4.78 is 11.5. The van der Waals surface area contributed by atoms with Crippen molar-refractivity contribution in [2.24, 2.45) is 5.92 Å². The summed E-state index contributed by atoms with van der Waals surface area (Å²) in [5.74, 6) is 0.199. The highest BCUT2D eigenvalue weighted by atomic mass is 16.7. The molecule has 2 unspecified atom stereocenters. The quantitative estimate of drug-likeness (QED) is 0.0771. The average Bonchev–Trinajstić information content (AvgIpc) is 3.52. The molecule has 1 aromatic heterocycles. The van der Waals surface area contributed by atoms with Crippen molar-refractivity contribution in [3.63, 3.8) is 0 Å². The van der Waals surface area contributed by atoms with Gasteiger partial charge in [-0.2, -0.15) is 0 Å². The predicted molar refractivity (Wildman–Crippen MR) is 161 cm³/mol. The third kappa shape index (κ3) is 9.76. The molecule has 2 aromatic carbocycles. The first-order valence-corrected chi connectivity index (χ1v) is 14.8. The molecule has 3 rings (SSSR count). The second-order valence-corrected chi connectivity index (χ2v) is 10.1. The number of carbonyl (C=O) groups excluding carboxylic acids is 3. The molecule has 3 amide bonds. The van der Waals surface area contributed by atoms with Crippen LogP contribution in [-0.2, 0) is 21.0 Å². The maximum Gasteiger partial charge on any atom is 0.288 e. The number of hydroxylamine groups is 2. The predicted octanol–water partition coefficient (Wildman–Crippen LogP) is 6.10. The van der Waals surface area contributed by atoms with E-state index in [1.807, 2.05) is 68.4 Å². The van der Waals surface area contributed by atoms with Crippen LogP contribution in [0.5, 0.6) is 5.75 Å². The van der Waals surface area contributed by atoms with Gasteiger partial charge in [0.25, 0.3) is 5.91 Å². The van der Waals surface area contributed by atoms with Gasteiger partial charge in [-0.3, -0.25) is 19.2 Å². The van der Waals surface area contributed by atoms with Crippen LogP contribution < -0.4 is 15.4 Å². The number of ether oxygens (including phenoxy) is 1. The van der Waals surface area contributed by atoms with Crippen LogP contribution >= 0.6 is 0 Å². The fourth-order valence-corrected chi connectivity index (χ4v) is 4.69. The van der Waals surface area contributed by atoms with E-state index in [2.05, 4.69) is 17.6 Å². The standard InChI is InChI=1S/C33H43N3O6/c1-4-7-9-17-28(29(6-3)36(24-37)41-22-25-13-10-8-11-14-25)32(38)34-23-35-33(39)31-19-18-30(42-31)26-15-12-16-27(21-26)40-20-5-2/h8,10-16,18-19,21,24,28-29H,4-7,9,17,20,22-23H2,1-3H3,(H,34,38)(H,35,39). The Morgan fingerprint density at radius 3 is 2.48 bits per heavy atom. The molecule has 2 atom stereocenters. The average molecular weight is 578 g/mol. The molecule has 226 valence electrons. The molecule has 0 fully saturated rings. The van der Waals surface area contributed by atoms with E-state index in [1.165, 1.54) is 5.06 Å². The Labute approximate surface area is 248 Å². The van der Waals surface area contributed by atoms with Crippen LogP contribution in [0.15, 0.2) is 71.1 Å². The molecule has 0 spiro atoms. The lowest BCUT2D eigenvalue weighted by atomic mass is 9.90. The van der Waals surface area contributed by atoms with E-state index in [-0.39, 0.29) is 24.9 Å². The van der Waals surface area contributed by atoms with Crippen molar-refractivity contribution in [2.45, 2.75) is 71.9 Å². The normalized spacial score (nSPS) is 12.3. The van der Waals surface area contributed by atoms with Crippen molar-refractivity contribution in [2.75, 3.05) is 13.3 Å². The molecule has 0 saturated carbocycles. The minimum Gasteiger partial charge on any atom is -0.494 e. The van der Waals surface area contributed by atoms with Gasteiger partial charge in [-0.25, -0.2) is 5.06 Å². The van der Waals surface area contributed by atoms with Gasteiger partial charge < -0.3 is 19.8 Å². The summed E-state index contributed by atoms with van der Waals surface area (Å²) in [5.41, 5.74) is 1.72. The monoisotopic (exact) mass is 577 g/mol. The maximum atomic E-state index is 13.4. The van der Waals surface area contributed by atoms with Gasteiger partial charge >= 0.3 is 0 Å². The van der Waals surface area contributed by atoms with E-state index < -0.39 is 17.9 Å². The van der Waals surface area contributed by atoms with Crippen molar-refractivity contribution in [1.29, 1.82) is 0 Å². The molecular weight excluding hydrogens is 534 g/mol. The van der Waals surface area contributed by atoms with Gasteiger partial charge in [0.05, 0.1) is 25.2 Å². The summed E-state index contributed by atoms with van der Waals surface area (Å²) in [4.78, 5) is 44.0. The number of nitrogens with one attached hydrogen (secondary N) is 2. The first-order chi connectivity index (χ1) is 20.5. The fourth-order valence-electron chi connectivity index (χ4n) is 4.69. The number of unbranched alkanes of at least 4 members (excludes halogenated alkanes) is 2. The van der Waals surface area contributed by atoms with E-state index >= 15 is 0 Å². The van der Waals surface area contributed by atoms with Crippen molar-refractivity contribution >= 4 is 18.2 Å². The zero-order valence-corrected chi connectivity index (χ0v) is 24.8. The Balaban J connectivity index is 1.59. The lowest BCUT2D eigenvalue weighted by Gasteiger charge is -2.32. The molecule has 9 heteroatoms. The second kappa shape index (κ2) is 17.6. The number of hydrogen-bond donors (Lipinski definition) is 2. The highest BCUT2D eigenvalue weighted by molar-refractivity contribution is 5.92. The number of hydrogen-bond acceptors (Lipinski definition) is 6. The first-order valence-electron chi connectivity index (χ1n) is 14.8. The number of rotatable bonds is 19. The number of benzene rings is 2. The minimum atomic E-state index is -0.503. The van der Waals surface area contributed by atoms with Gasteiger partial charge in [-0.05, 0) is 49.1 Å².